The maximum Gasteiger partial charge on any atom is 0.306 e. The Morgan fingerprint density at radius 3 is 1.41 bits per heavy atom. The predicted molar refractivity (Wildman–Crippen MR) is 133 cm³/mol. The van der Waals surface area contributed by atoms with Crippen molar-refractivity contribution in [2.45, 2.75) is 64.8 Å². The second kappa shape index (κ2) is 12.7. The summed E-state index contributed by atoms with van der Waals surface area (Å²) in [5, 5.41) is 0. The monoisotopic (exact) mass is 466 g/mol. The standard InChI is InChI=1S/C28H38N2O4/c1-5-27(31)33-25(23-13-9-7-10-14-23)19-29-17-22(4)30(18-21(29)3)20-26(34-28(32)6-2)24-15-11-8-12-16-24/h7-16,21-22,25-26H,5-6,17-20H2,1-4H3/t21-,22-,25+,26+/m1/s1. The molecule has 0 unspecified atom stereocenters. The smallest absolute Gasteiger partial charge is 0.306 e. The van der Waals surface area contributed by atoms with E-state index < -0.39 is 0 Å². The second-order valence-corrected chi connectivity index (χ2v) is 9.09. The van der Waals surface area contributed by atoms with E-state index in [0.717, 1.165) is 24.2 Å². The number of esters is 2. The first-order valence-corrected chi connectivity index (χ1v) is 12.4. The van der Waals surface area contributed by atoms with Crippen LogP contribution in [0.5, 0.6) is 0 Å². The van der Waals surface area contributed by atoms with Crippen LogP contribution < -0.4 is 0 Å². The van der Waals surface area contributed by atoms with Crippen LogP contribution in [-0.2, 0) is 19.1 Å². The molecule has 1 heterocycles. The van der Waals surface area contributed by atoms with Gasteiger partial charge in [0.25, 0.3) is 0 Å². The van der Waals surface area contributed by atoms with Gasteiger partial charge in [0.2, 0.25) is 0 Å². The molecule has 0 aromatic heterocycles. The summed E-state index contributed by atoms with van der Waals surface area (Å²) in [6, 6.07) is 20.5. The Hall–Kier alpha value is -2.70. The molecule has 0 radical (unpaired) electrons. The van der Waals surface area contributed by atoms with E-state index >= 15 is 0 Å². The largest absolute Gasteiger partial charge is 0.456 e. The summed E-state index contributed by atoms with van der Waals surface area (Å²) in [4.78, 5) is 29.0. The summed E-state index contributed by atoms with van der Waals surface area (Å²) in [6.45, 7) is 11.1. The third-order valence-corrected chi connectivity index (χ3v) is 6.51. The van der Waals surface area contributed by atoms with E-state index in [-0.39, 0.29) is 36.2 Å². The lowest BCUT2D eigenvalue weighted by atomic mass is 10.0. The highest BCUT2D eigenvalue weighted by Gasteiger charge is 2.33. The third-order valence-electron chi connectivity index (χ3n) is 6.51. The summed E-state index contributed by atoms with van der Waals surface area (Å²) in [7, 11) is 0. The number of ether oxygens (including phenoxy) is 2. The van der Waals surface area contributed by atoms with E-state index in [1.54, 1.807) is 0 Å². The minimum absolute atomic E-state index is 0.184. The fourth-order valence-corrected chi connectivity index (χ4v) is 4.45. The first-order chi connectivity index (χ1) is 16.4. The van der Waals surface area contributed by atoms with Crippen LogP contribution in [0.3, 0.4) is 0 Å². The van der Waals surface area contributed by atoms with Crippen LogP contribution in [0.15, 0.2) is 60.7 Å². The predicted octanol–water partition coefficient (Wildman–Crippen LogP) is 4.77. The zero-order valence-corrected chi connectivity index (χ0v) is 20.9. The molecule has 0 N–H and O–H groups in total. The molecule has 0 bridgehead atoms. The number of carbonyl (C=O) groups is 2. The summed E-state index contributed by atoms with van der Waals surface area (Å²) in [5.74, 6) is -0.367. The first-order valence-electron chi connectivity index (χ1n) is 12.4. The van der Waals surface area contributed by atoms with E-state index in [2.05, 4.69) is 23.6 Å². The van der Waals surface area contributed by atoms with Gasteiger partial charge in [-0.15, -0.1) is 0 Å². The zero-order chi connectivity index (χ0) is 24.5. The van der Waals surface area contributed by atoms with Crippen LogP contribution in [0.1, 0.15) is 63.9 Å². The molecule has 1 fully saturated rings. The van der Waals surface area contributed by atoms with E-state index in [9.17, 15) is 9.59 Å². The molecular weight excluding hydrogens is 428 g/mol. The van der Waals surface area contributed by atoms with Gasteiger partial charge in [-0.3, -0.25) is 19.4 Å². The molecule has 34 heavy (non-hydrogen) atoms. The molecule has 0 saturated carbocycles. The van der Waals surface area contributed by atoms with Gasteiger partial charge in [-0.05, 0) is 25.0 Å². The molecule has 4 atom stereocenters. The van der Waals surface area contributed by atoms with Crippen molar-refractivity contribution in [1.82, 2.24) is 9.80 Å². The van der Waals surface area contributed by atoms with Gasteiger partial charge in [-0.1, -0.05) is 74.5 Å². The highest BCUT2D eigenvalue weighted by atomic mass is 16.5. The van der Waals surface area contributed by atoms with Crippen molar-refractivity contribution in [1.29, 1.82) is 0 Å². The molecule has 1 aliphatic heterocycles. The lowest BCUT2D eigenvalue weighted by molar-refractivity contribution is -0.153. The summed E-state index contributed by atoms with van der Waals surface area (Å²) in [6.07, 6.45) is 0.135. The molecule has 1 aliphatic rings. The normalized spacial score (nSPS) is 20.9. The lowest BCUT2D eigenvalue weighted by Gasteiger charge is -2.45. The number of carbonyl (C=O) groups excluding carboxylic acids is 2. The van der Waals surface area contributed by atoms with Crippen LogP contribution >= 0.6 is 0 Å². The van der Waals surface area contributed by atoms with Gasteiger partial charge in [0.15, 0.2) is 0 Å². The van der Waals surface area contributed by atoms with E-state index in [4.69, 9.17) is 9.47 Å². The van der Waals surface area contributed by atoms with Crippen molar-refractivity contribution >= 4 is 11.9 Å². The van der Waals surface area contributed by atoms with E-state index in [1.807, 2.05) is 74.5 Å². The molecule has 6 heteroatoms. The van der Waals surface area contributed by atoms with Gasteiger partial charge in [-0.2, -0.15) is 0 Å². The van der Waals surface area contributed by atoms with Crippen LogP contribution in [0.2, 0.25) is 0 Å². The summed E-state index contributed by atoms with van der Waals surface area (Å²) < 4.78 is 11.7. The average molecular weight is 467 g/mol. The van der Waals surface area contributed by atoms with Gasteiger partial charge < -0.3 is 9.47 Å². The molecule has 1 saturated heterocycles. The van der Waals surface area contributed by atoms with Gasteiger partial charge >= 0.3 is 11.9 Å². The molecular formula is C28H38N2O4. The Morgan fingerprint density at radius 1 is 0.735 bits per heavy atom. The third kappa shape index (κ3) is 7.15. The molecule has 3 rings (SSSR count). The molecule has 6 nitrogen and oxygen atoms in total. The van der Waals surface area contributed by atoms with E-state index in [0.29, 0.717) is 25.9 Å². The topological polar surface area (TPSA) is 59.1 Å². The van der Waals surface area contributed by atoms with Gasteiger partial charge in [0.1, 0.15) is 12.2 Å². The maximum atomic E-state index is 12.1. The Kier molecular flexibility index (Phi) is 9.66. The van der Waals surface area contributed by atoms with Crippen molar-refractivity contribution in [3.63, 3.8) is 0 Å². The molecule has 0 spiro atoms. The zero-order valence-electron chi connectivity index (χ0n) is 20.9. The minimum atomic E-state index is -0.294. The molecule has 2 aromatic carbocycles. The van der Waals surface area contributed by atoms with Crippen LogP contribution in [0.25, 0.3) is 0 Å². The van der Waals surface area contributed by atoms with Crippen molar-refractivity contribution < 1.29 is 19.1 Å². The number of rotatable bonds is 10. The first kappa shape index (κ1) is 25.9. The number of hydrogen-bond acceptors (Lipinski definition) is 6. The van der Waals surface area contributed by atoms with Crippen molar-refractivity contribution in [3.8, 4) is 0 Å². The molecule has 0 aliphatic carbocycles. The molecule has 184 valence electrons. The number of nitrogens with zero attached hydrogens (tertiary/aromatic N) is 2. The highest BCUT2D eigenvalue weighted by Crippen LogP contribution is 2.26. The molecule has 0 amide bonds. The van der Waals surface area contributed by atoms with Crippen LogP contribution in [0.4, 0.5) is 0 Å². The average Bonchev–Trinajstić information content (AvgIpc) is 2.86. The van der Waals surface area contributed by atoms with Crippen molar-refractivity contribution in [2.75, 3.05) is 26.2 Å². The van der Waals surface area contributed by atoms with E-state index in [1.165, 1.54) is 0 Å². The Balaban J connectivity index is 1.69. The lowest BCUT2D eigenvalue weighted by Crippen LogP contribution is -2.58. The maximum absolute atomic E-state index is 12.1. The number of piperazine rings is 1. The van der Waals surface area contributed by atoms with Crippen LogP contribution in [-0.4, -0.2) is 60.0 Å². The van der Waals surface area contributed by atoms with Crippen molar-refractivity contribution in [3.05, 3.63) is 71.8 Å². The van der Waals surface area contributed by atoms with Gasteiger partial charge in [0, 0.05) is 51.1 Å². The minimum Gasteiger partial charge on any atom is -0.456 e. The van der Waals surface area contributed by atoms with Crippen LogP contribution in [0, 0.1) is 0 Å². The quantitative estimate of drug-likeness (QED) is 0.470. The number of benzene rings is 2. The Bertz CT molecular complexity index is 830. The fourth-order valence-electron chi connectivity index (χ4n) is 4.45. The Morgan fingerprint density at radius 2 is 1.09 bits per heavy atom. The van der Waals surface area contributed by atoms with Gasteiger partial charge in [-0.25, -0.2) is 0 Å². The fraction of sp³-hybridized carbons (Fsp3) is 0.500. The van der Waals surface area contributed by atoms with Gasteiger partial charge in [0.05, 0.1) is 0 Å². The molecule has 2 aromatic rings. The summed E-state index contributed by atoms with van der Waals surface area (Å²) >= 11 is 0. The second-order valence-electron chi connectivity index (χ2n) is 9.09. The number of hydrogen-bond donors (Lipinski definition) is 0. The SMILES string of the molecule is CCC(=O)O[C@@H](CN1C[C@@H](C)N(C[C@H](OC(=O)CC)c2ccccc2)C[C@H]1C)c1ccccc1. The Labute approximate surface area is 203 Å². The van der Waals surface area contributed by atoms with Crippen molar-refractivity contribution in [2.24, 2.45) is 0 Å². The highest BCUT2D eigenvalue weighted by molar-refractivity contribution is 5.69. The summed E-state index contributed by atoms with van der Waals surface area (Å²) in [5.41, 5.74) is 2.03.